The maximum absolute atomic E-state index is 3.52. The summed E-state index contributed by atoms with van der Waals surface area (Å²) in [7, 11) is 0. The van der Waals surface area contributed by atoms with Gasteiger partial charge in [0.2, 0.25) is 0 Å². The Labute approximate surface area is 91.4 Å². The summed E-state index contributed by atoms with van der Waals surface area (Å²) in [6.45, 7) is 1.13. The van der Waals surface area contributed by atoms with E-state index in [9.17, 15) is 0 Å². The van der Waals surface area contributed by atoms with Crippen molar-refractivity contribution in [3.05, 3.63) is 34.3 Å². The second kappa shape index (κ2) is 4.49. The zero-order valence-corrected chi connectivity index (χ0v) is 9.70. The molecule has 13 heavy (non-hydrogen) atoms. The highest BCUT2D eigenvalue weighted by Gasteiger charge is 2.13. The molecule has 0 radical (unpaired) electrons. The third-order valence-electron chi connectivity index (χ3n) is 2.19. The van der Waals surface area contributed by atoms with Crippen LogP contribution in [0, 0.1) is 0 Å². The summed E-state index contributed by atoms with van der Waals surface area (Å²) >= 11 is 5.47. The zero-order chi connectivity index (χ0) is 9.10. The summed E-state index contributed by atoms with van der Waals surface area (Å²) in [5.74, 6) is 2.44. The first-order valence-corrected chi connectivity index (χ1v) is 6.37. The Morgan fingerprint density at radius 2 is 2.08 bits per heavy atom. The van der Waals surface area contributed by atoms with E-state index in [0.717, 1.165) is 11.0 Å². The Morgan fingerprint density at radius 1 is 1.31 bits per heavy atom. The van der Waals surface area contributed by atoms with E-state index in [0.29, 0.717) is 6.04 Å². The molecular formula is C10H12BrNS. The lowest BCUT2D eigenvalue weighted by atomic mass is 10.1. The summed E-state index contributed by atoms with van der Waals surface area (Å²) in [5.41, 5.74) is 1.40. The van der Waals surface area contributed by atoms with Crippen LogP contribution in [0.4, 0.5) is 0 Å². The van der Waals surface area contributed by atoms with Gasteiger partial charge >= 0.3 is 0 Å². The molecule has 0 bridgehead atoms. The van der Waals surface area contributed by atoms with Crippen molar-refractivity contribution in [2.75, 3.05) is 18.1 Å². The number of hydrogen-bond donors (Lipinski definition) is 1. The lowest BCUT2D eigenvalue weighted by Crippen LogP contribution is -2.30. The van der Waals surface area contributed by atoms with Crippen LogP contribution in [0.2, 0.25) is 0 Å². The highest BCUT2D eigenvalue weighted by Crippen LogP contribution is 2.22. The summed E-state index contributed by atoms with van der Waals surface area (Å²) in [6.07, 6.45) is 0. The molecule has 1 fully saturated rings. The van der Waals surface area contributed by atoms with E-state index >= 15 is 0 Å². The van der Waals surface area contributed by atoms with Crippen molar-refractivity contribution >= 4 is 27.7 Å². The van der Waals surface area contributed by atoms with Crippen LogP contribution >= 0.6 is 27.7 Å². The lowest BCUT2D eigenvalue weighted by molar-refractivity contribution is 0.595. The quantitative estimate of drug-likeness (QED) is 0.831. The first kappa shape index (κ1) is 9.56. The van der Waals surface area contributed by atoms with Gasteiger partial charge in [-0.2, -0.15) is 11.8 Å². The first-order chi connectivity index (χ1) is 6.36. The SMILES string of the molecule is Brc1ccc(C2CSCCN2)cc1. The molecule has 1 atom stereocenters. The van der Waals surface area contributed by atoms with Crippen molar-refractivity contribution in [2.24, 2.45) is 0 Å². The third-order valence-corrected chi connectivity index (χ3v) is 3.78. The number of halogens is 1. The fourth-order valence-corrected chi connectivity index (χ4v) is 2.71. The van der Waals surface area contributed by atoms with Crippen molar-refractivity contribution in [3.63, 3.8) is 0 Å². The molecular weight excluding hydrogens is 246 g/mol. The Kier molecular flexibility index (Phi) is 3.30. The normalized spacial score (nSPS) is 23.0. The fourth-order valence-electron chi connectivity index (χ4n) is 1.47. The molecule has 1 N–H and O–H groups in total. The van der Waals surface area contributed by atoms with Gasteiger partial charge in [-0.25, -0.2) is 0 Å². The third kappa shape index (κ3) is 2.48. The van der Waals surface area contributed by atoms with E-state index in [2.05, 4.69) is 45.5 Å². The molecule has 0 saturated carbocycles. The van der Waals surface area contributed by atoms with E-state index in [1.807, 2.05) is 11.8 Å². The van der Waals surface area contributed by atoms with Crippen LogP contribution in [-0.2, 0) is 0 Å². The van der Waals surface area contributed by atoms with Gasteiger partial charge in [-0.1, -0.05) is 28.1 Å². The van der Waals surface area contributed by atoms with Crippen LogP contribution in [0.25, 0.3) is 0 Å². The summed E-state index contributed by atoms with van der Waals surface area (Å²) in [4.78, 5) is 0. The van der Waals surface area contributed by atoms with Crippen LogP contribution in [-0.4, -0.2) is 18.1 Å². The van der Waals surface area contributed by atoms with E-state index in [1.54, 1.807) is 0 Å². The second-order valence-corrected chi connectivity index (χ2v) is 5.20. The molecule has 0 aliphatic carbocycles. The molecule has 70 valence electrons. The standard InChI is InChI=1S/C10H12BrNS/c11-9-3-1-8(2-4-9)10-7-13-6-5-12-10/h1-4,10,12H,5-7H2. The van der Waals surface area contributed by atoms with Crippen molar-refractivity contribution in [1.29, 1.82) is 0 Å². The molecule has 0 aromatic heterocycles. The maximum atomic E-state index is 3.52. The van der Waals surface area contributed by atoms with Gasteiger partial charge in [0.25, 0.3) is 0 Å². The van der Waals surface area contributed by atoms with Gasteiger partial charge in [-0.3, -0.25) is 0 Å². The van der Waals surface area contributed by atoms with Gasteiger partial charge < -0.3 is 5.32 Å². The van der Waals surface area contributed by atoms with Crippen LogP contribution < -0.4 is 5.32 Å². The molecule has 1 nitrogen and oxygen atoms in total. The largest absolute Gasteiger partial charge is 0.308 e. The molecule has 0 spiro atoms. The number of nitrogens with one attached hydrogen (secondary N) is 1. The van der Waals surface area contributed by atoms with Crippen molar-refractivity contribution < 1.29 is 0 Å². The van der Waals surface area contributed by atoms with Gasteiger partial charge in [-0.15, -0.1) is 0 Å². The minimum atomic E-state index is 0.548. The van der Waals surface area contributed by atoms with Crippen LogP contribution in [0.1, 0.15) is 11.6 Å². The molecule has 1 aliphatic heterocycles. The average molecular weight is 258 g/mol. The van der Waals surface area contributed by atoms with Gasteiger partial charge in [0.05, 0.1) is 0 Å². The van der Waals surface area contributed by atoms with Crippen LogP contribution in [0.15, 0.2) is 28.7 Å². The summed E-state index contributed by atoms with van der Waals surface area (Å²) in [5, 5.41) is 3.52. The minimum Gasteiger partial charge on any atom is -0.308 e. The molecule has 1 aromatic carbocycles. The lowest BCUT2D eigenvalue weighted by Gasteiger charge is -2.23. The number of benzene rings is 1. The second-order valence-electron chi connectivity index (χ2n) is 3.13. The predicted molar refractivity (Wildman–Crippen MR) is 62.2 cm³/mol. The zero-order valence-electron chi connectivity index (χ0n) is 7.29. The van der Waals surface area contributed by atoms with E-state index in [1.165, 1.54) is 17.1 Å². The van der Waals surface area contributed by atoms with Crippen LogP contribution in [0.3, 0.4) is 0 Å². The molecule has 1 aromatic rings. The molecule has 1 saturated heterocycles. The van der Waals surface area contributed by atoms with Crippen LogP contribution in [0.5, 0.6) is 0 Å². The molecule has 0 amide bonds. The van der Waals surface area contributed by atoms with Crippen molar-refractivity contribution in [2.45, 2.75) is 6.04 Å². The van der Waals surface area contributed by atoms with Gasteiger partial charge in [0.1, 0.15) is 0 Å². The number of hydrogen-bond acceptors (Lipinski definition) is 2. The molecule has 2 rings (SSSR count). The minimum absolute atomic E-state index is 0.548. The number of thioether (sulfide) groups is 1. The predicted octanol–water partition coefficient (Wildman–Crippen LogP) is 2.83. The number of rotatable bonds is 1. The topological polar surface area (TPSA) is 12.0 Å². The van der Waals surface area contributed by atoms with Crippen molar-refractivity contribution in [3.8, 4) is 0 Å². The Hall–Kier alpha value is 0.01000. The average Bonchev–Trinajstić information content (AvgIpc) is 2.20. The molecule has 3 heteroatoms. The van der Waals surface area contributed by atoms with E-state index in [-0.39, 0.29) is 0 Å². The Balaban J connectivity index is 2.10. The van der Waals surface area contributed by atoms with E-state index < -0.39 is 0 Å². The highest BCUT2D eigenvalue weighted by molar-refractivity contribution is 9.10. The maximum Gasteiger partial charge on any atom is 0.0412 e. The van der Waals surface area contributed by atoms with Gasteiger partial charge in [0.15, 0.2) is 0 Å². The van der Waals surface area contributed by atoms with Gasteiger partial charge in [-0.05, 0) is 17.7 Å². The van der Waals surface area contributed by atoms with Crippen molar-refractivity contribution in [1.82, 2.24) is 5.32 Å². The Morgan fingerprint density at radius 3 is 2.69 bits per heavy atom. The Bertz CT molecular complexity index is 267. The molecule has 1 unspecified atom stereocenters. The highest BCUT2D eigenvalue weighted by atomic mass is 79.9. The summed E-state index contributed by atoms with van der Waals surface area (Å²) < 4.78 is 1.15. The van der Waals surface area contributed by atoms with E-state index in [4.69, 9.17) is 0 Å². The smallest absolute Gasteiger partial charge is 0.0412 e. The molecule has 1 heterocycles. The monoisotopic (exact) mass is 257 g/mol. The fraction of sp³-hybridized carbons (Fsp3) is 0.400. The molecule has 1 aliphatic rings. The first-order valence-electron chi connectivity index (χ1n) is 4.43. The van der Waals surface area contributed by atoms with Gasteiger partial charge in [0, 0.05) is 28.6 Å². The summed E-state index contributed by atoms with van der Waals surface area (Å²) in [6, 6.07) is 9.14.